The number of carbonyl (C=O) groups is 4. The lowest BCUT2D eigenvalue weighted by molar-refractivity contribution is -0.136. The zero-order valence-corrected chi connectivity index (χ0v) is 16.6. The van der Waals surface area contributed by atoms with Crippen molar-refractivity contribution >= 4 is 36.6 Å². The molecule has 0 bridgehead atoms. The molecule has 2 rings (SSSR count). The molecule has 9 heteroatoms. The van der Waals surface area contributed by atoms with E-state index in [-0.39, 0.29) is 5.57 Å². The zero-order chi connectivity index (χ0) is 20.5. The first-order valence-corrected chi connectivity index (χ1v) is 11.7. The number of amides is 2. The second kappa shape index (κ2) is 8.19. The van der Waals surface area contributed by atoms with Crippen LogP contribution in [0.15, 0.2) is 11.6 Å². The van der Waals surface area contributed by atoms with Crippen molar-refractivity contribution in [2.45, 2.75) is 44.2 Å². The van der Waals surface area contributed by atoms with Crippen LogP contribution in [-0.4, -0.2) is 83.8 Å². The van der Waals surface area contributed by atoms with Gasteiger partial charge in [-0.05, 0) is 32.8 Å². The van der Waals surface area contributed by atoms with Crippen molar-refractivity contribution in [1.29, 1.82) is 0 Å². The molecular weight excluding hydrogens is 373 g/mol. The summed E-state index contributed by atoms with van der Waals surface area (Å²) in [7, 11) is 0. The highest BCUT2D eigenvalue weighted by molar-refractivity contribution is 7.72. The maximum absolute atomic E-state index is 12.2. The van der Waals surface area contributed by atoms with Gasteiger partial charge in [-0.2, -0.15) is 0 Å². The van der Waals surface area contributed by atoms with Gasteiger partial charge in [0.05, 0.1) is 24.0 Å². The summed E-state index contributed by atoms with van der Waals surface area (Å²) < 4.78 is 5.73. The zero-order valence-electron chi connectivity index (χ0n) is 15.7. The first-order valence-electron chi connectivity index (χ1n) is 8.69. The van der Waals surface area contributed by atoms with Crippen molar-refractivity contribution in [3.63, 3.8) is 0 Å². The summed E-state index contributed by atoms with van der Waals surface area (Å²) in [5, 5.41) is 22.7. The Labute approximate surface area is 157 Å². The third-order valence-electron chi connectivity index (χ3n) is 4.61. The van der Waals surface area contributed by atoms with Crippen LogP contribution in [0.2, 0.25) is 0 Å². The van der Waals surface area contributed by atoms with Crippen LogP contribution >= 0.6 is 6.89 Å². The lowest BCUT2D eigenvalue weighted by Crippen LogP contribution is -2.49. The van der Waals surface area contributed by atoms with Gasteiger partial charge in [0.1, 0.15) is 24.1 Å². The van der Waals surface area contributed by atoms with Crippen LogP contribution in [0.25, 0.3) is 0 Å². The lowest BCUT2D eigenvalue weighted by atomic mass is 9.88. The molecule has 0 aliphatic carbocycles. The Balaban J connectivity index is 2.21. The van der Waals surface area contributed by atoms with Crippen LogP contribution in [0.4, 0.5) is 0 Å². The number of carbonyl (C=O) groups excluding carboxylic acids is 4. The summed E-state index contributed by atoms with van der Waals surface area (Å²) in [5.74, 6) is -3.83. The average molecular weight is 399 g/mol. The standard InChI is InChI=1S/C18H26NO7P/c1-9(20)7-12(21)10-8-11(18(25)19-17(10)24)16-15(23)14(22)13(26-16)5-6-27(2,3)4/h8,11,13-16,22-23H,2,5-7H2,1,3-4H3,(H,19,24,25)/t11?,13-,14-,15-,16+/m1/s1. The monoisotopic (exact) mass is 399 g/mol. The molecular formula is C18H26NO7P. The molecule has 0 saturated carbocycles. The number of aliphatic hydroxyl groups excluding tert-OH is 2. The molecule has 2 amide bonds. The van der Waals surface area contributed by atoms with Gasteiger partial charge in [0.25, 0.3) is 5.91 Å². The van der Waals surface area contributed by atoms with Gasteiger partial charge in [0, 0.05) is 0 Å². The number of hydrogen-bond acceptors (Lipinski definition) is 7. The highest BCUT2D eigenvalue weighted by Crippen LogP contribution is 2.39. The minimum atomic E-state index is -1.36. The van der Waals surface area contributed by atoms with E-state index in [1.54, 1.807) is 0 Å². The minimum absolute atomic E-state index is 0.312. The van der Waals surface area contributed by atoms with Crippen LogP contribution < -0.4 is 5.32 Å². The van der Waals surface area contributed by atoms with Gasteiger partial charge < -0.3 is 14.9 Å². The van der Waals surface area contributed by atoms with Gasteiger partial charge in [0.2, 0.25) is 5.91 Å². The van der Waals surface area contributed by atoms with E-state index in [1.807, 2.05) is 13.3 Å². The molecule has 1 saturated heterocycles. The van der Waals surface area contributed by atoms with Crippen molar-refractivity contribution < 1.29 is 34.1 Å². The van der Waals surface area contributed by atoms with E-state index < -0.39 is 67.0 Å². The largest absolute Gasteiger partial charge is 0.388 e. The number of hydrogen-bond donors (Lipinski definition) is 3. The molecule has 2 aliphatic heterocycles. The molecule has 0 aromatic rings. The van der Waals surface area contributed by atoms with E-state index in [4.69, 9.17) is 4.74 Å². The van der Waals surface area contributed by atoms with E-state index in [1.165, 1.54) is 6.92 Å². The van der Waals surface area contributed by atoms with E-state index >= 15 is 0 Å². The second-order valence-electron chi connectivity index (χ2n) is 7.79. The highest BCUT2D eigenvalue weighted by Gasteiger charge is 2.49. The molecule has 150 valence electrons. The summed E-state index contributed by atoms with van der Waals surface area (Å²) in [6, 6.07) is 0. The summed E-state index contributed by atoms with van der Waals surface area (Å²) in [6.07, 6.45) is 1.70. The minimum Gasteiger partial charge on any atom is -0.388 e. The molecule has 0 radical (unpaired) electrons. The maximum Gasteiger partial charge on any atom is 0.261 e. The molecule has 2 aliphatic rings. The Hall–Kier alpha value is -1.60. The molecule has 0 aromatic heterocycles. The van der Waals surface area contributed by atoms with Crippen molar-refractivity contribution in [2.75, 3.05) is 19.5 Å². The van der Waals surface area contributed by atoms with E-state index in [2.05, 4.69) is 11.6 Å². The number of Topliss-reactive ketones (excluding diaryl/α,β-unsaturated/α-hetero) is 2. The van der Waals surface area contributed by atoms with Crippen molar-refractivity contribution in [1.82, 2.24) is 5.32 Å². The topological polar surface area (TPSA) is 130 Å². The Morgan fingerprint density at radius 3 is 2.44 bits per heavy atom. The quantitative estimate of drug-likeness (QED) is 0.224. The Kier molecular flexibility index (Phi) is 6.58. The Bertz CT molecular complexity index is 738. The number of nitrogens with one attached hydrogen (secondary N) is 1. The number of ether oxygens (including phenoxy) is 1. The SMILES string of the molecule is C=P(C)(C)CC[C@H]1O[C@@H](C2C=C(C(=O)CC(C)=O)C(=O)NC2=O)[C@H](O)[C@@H]1O. The van der Waals surface area contributed by atoms with Gasteiger partial charge in [-0.3, -0.25) is 24.5 Å². The Morgan fingerprint density at radius 2 is 1.89 bits per heavy atom. The van der Waals surface area contributed by atoms with E-state index in [0.717, 1.165) is 12.2 Å². The van der Waals surface area contributed by atoms with Gasteiger partial charge in [-0.15, -0.1) is 13.2 Å². The normalized spacial score (nSPS) is 31.4. The van der Waals surface area contributed by atoms with Crippen molar-refractivity contribution in [3.05, 3.63) is 11.6 Å². The second-order valence-corrected chi connectivity index (χ2v) is 12.1. The summed E-state index contributed by atoms with van der Waals surface area (Å²) in [4.78, 5) is 47.4. The first-order chi connectivity index (χ1) is 12.4. The average Bonchev–Trinajstić information content (AvgIpc) is 2.80. The molecule has 1 fully saturated rings. The van der Waals surface area contributed by atoms with E-state index in [9.17, 15) is 29.4 Å². The van der Waals surface area contributed by atoms with Crippen molar-refractivity contribution in [3.8, 4) is 0 Å². The van der Waals surface area contributed by atoms with Crippen LogP contribution in [0.3, 0.4) is 0 Å². The van der Waals surface area contributed by atoms with E-state index in [0.29, 0.717) is 6.42 Å². The number of ketones is 2. The predicted octanol–water partition coefficient (Wildman–Crippen LogP) is -0.678. The van der Waals surface area contributed by atoms with Crippen LogP contribution in [0.5, 0.6) is 0 Å². The smallest absolute Gasteiger partial charge is 0.261 e. The highest BCUT2D eigenvalue weighted by atomic mass is 31.2. The predicted molar refractivity (Wildman–Crippen MR) is 101 cm³/mol. The van der Waals surface area contributed by atoms with Gasteiger partial charge in [-0.25, -0.2) is 0 Å². The van der Waals surface area contributed by atoms with Crippen LogP contribution in [-0.2, 0) is 23.9 Å². The molecule has 1 unspecified atom stereocenters. The lowest BCUT2D eigenvalue weighted by Gasteiger charge is -2.26. The molecule has 8 nitrogen and oxygen atoms in total. The summed E-state index contributed by atoms with van der Waals surface area (Å²) >= 11 is 0. The number of imide groups is 1. The van der Waals surface area contributed by atoms with Crippen LogP contribution in [0, 0.1) is 5.92 Å². The molecule has 2 heterocycles. The fourth-order valence-corrected chi connectivity index (χ4v) is 4.12. The fraction of sp³-hybridized carbons (Fsp3) is 0.611. The maximum atomic E-state index is 12.2. The molecule has 0 aromatic carbocycles. The van der Waals surface area contributed by atoms with Gasteiger partial charge >= 0.3 is 0 Å². The molecule has 0 spiro atoms. The third kappa shape index (κ3) is 5.23. The molecule has 5 atom stereocenters. The summed E-state index contributed by atoms with van der Waals surface area (Å²) in [6.45, 7) is 3.94. The molecule has 27 heavy (non-hydrogen) atoms. The number of rotatable bonds is 7. The Morgan fingerprint density at radius 1 is 1.26 bits per heavy atom. The first kappa shape index (κ1) is 21.7. The number of aliphatic hydroxyl groups is 2. The molecule has 3 N–H and O–H groups in total. The fourth-order valence-electron chi connectivity index (χ4n) is 3.17. The summed E-state index contributed by atoms with van der Waals surface area (Å²) in [5.41, 5.74) is -0.312. The van der Waals surface area contributed by atoms with Crippen molar-refractivity contribution in [2.24, 2.45) is 5.92 Å². The van der Waals surface area contributed by atoms with Crippen LogP contribution in [0.1, 0.15) is 19.8 Å². The third-order valence-corrected chi connectivity index (χ3v) is 6.08. The van der Waals surface area contributed by atoms with Gasteiger partial charge in [-0.1, -0.05) is 6.08 Å². The van der Waals surface area contributed by atoms with Gasteiger partial charge in [0.15, 0.2) is 5.78 Å².